The molecule has 0 saturated heterocycles. The van der Waals surface area contributed by atoms with Gasteiger partial charge in [-0.3, -0.25) is 4.84 Å². The van der Waals surface area contributed by atoms with Crippen LogP contribution in [0.25, 0.3) is 0 Å². The maximum atomic E-state index is 5.48. The Balaban J connectivity index is 4.17. The Hall–Kier alpha value is -0.120. The molecule has 1 atom stereocenters. The van der Waals surface area contributed by atoms with Gasteiger partial charge in [0.2, 0.25) is 0 Å². The maximum absolute atomic E-state index is 5.48. The fraction of sp³-hybridized carbons (Fsp3) is 1.00. The van der Waals surface area contributed by atoms with Crippen LogP contribution in [0.4, 0.5) is 0 Å². The number of hydrogen-bond donors (Lipinski definition) is 1. The molecule has 0 radical (unpaired) electrons. The van der Waals surface area contributed by atoms with Gasteiger partial charge in [0.05, 0.1) is 6.10 Å². The van der Waals surface area contributed by atoms with Crippen molar-refractivity contribution in [2.75, 3.05) is 6.79 Å². The van der Waals surface area contributed by atoms with Gasteiger partial charge in [-0.1, -0.05) is 20.8 Å². The Morgan fingerprint density at radius 1 is 1.15 bits per heavy atom. The number of hydrogen-bond acceptors (Lipinski definition) is 3. The average Bonchev–Trinajstić information content (AvgIpc) is 2.18. The molecule has 0 aromatic carbocycles. The van der Waals surface area contributed by atoms with Crippen LogP contribution in [0.15, 0.2) is 0 Å². The summed E-state index contributed by atoms with van der Waals surface area (Å²) in [5, 5.41) is 0. The molecule has 80 valence electrons. The second kappa shape index (κ2) is 6.35. The molecular weight excluding hydrogens is 166 g/mol. The third-order valence-electron chi connectivity index (χ3n) is 3.36. The lowest BCUT2D eigenvalue weighted by Gasteiger charge is -2.36. The lowest BCUT2D eigenvalue weighted by Crippen LogP contribution is -2.34. The lowest BCUT2D eigenvalue weighted by atomic mass is 9.75. The van der Waals surface area contributed by atoms with Crippen molar-refractivity contribution in [1.82, 2.24) is 0 Å². The molecule has 0 heterocycles. The molecule has 13 heavy (non-hydrogen) atoms. The summed E-state index contributed by atoms with van der Waals surface area (Å²) in [6, 6.07) is 0. The Kier molecular flexibility index (Phi) is 6.29. The van der Waals surface area contributed by atoms with Gasteiger partial charge in [-0.05, 0) is 31.6 Å². The molecule has 0 aliphatic heterocycles. The van der Waals surface area contributed by atoms with E-state index in [4.69, 9.17) is 10.6 Å². The third-order valence-corrected chi connectivity index (χ3v) is 3.36. The van der Waals surface area contributed by atoms with Crippen LogP contribution in [0.3, 0.4) is 0 Å². The van der Waals surface area contributed by atoms with E-state index < -0.39 is 0 Å². The summed E-state index contributed by atoms with van der Waals surface area (Å²) in [6.07, 6.45) is 3.60. The van der Waals surface area contributed by atoms with E-state index in [1.54, 1.807) is 0 Å². The summed E-state index contributed by atoms with van der Waals surface area (Å²) < 4.78 is 5.48. The first-order valence-electron chi connectivity index (χ1n) is 5.10. The molecule has 0 aliphatic rings. The molecule has 0 aliphatic carbocycles. The fourth-order valence-corrected chi connectivity index (χ4v) is 1.93. The summed E-state index contributed by atoms with van der Waals surface area (Å²) in [7, 11) is 0. The van der Waals surface area contributed by atoms with Crippen molar-refractivity contribution < 1.29 is 9.57 Å². The SMILES string of the molecule is CCC(CC)(CC)C(C)OCON. The molecule has 0 saturated carbocycles. The molecule has 0 rings (SSSR count). The van der Waals surface area contributed by atoms with Crippen LogP contribution in [-0.4, -0.2) is 12.9 Å². The summed E-state index contributed by atoms with van der Waals surface area (Å²) in [4.78, 5) is 4.42. The molecular formula is C10H23NO2. The van der Waals surface area contributed by atoms with Gasteiger partial charge in [0, 0.05) is 0 Å². The highest BCUT2D eigenvalue weighted by Crippen LogP contribution is 2.35. The largest absolute Gasteiger partial charge is 0.350 e. The third kappa shape index (κ3) is 3.25. The van der Waals surface area contributed by atoms with Gasteiger partial charge in [-0.15, -0.1) is 0 Å². The Morgan fingerprint density at radius 3 is 1.92 bits per heavy atom. The van der Waals surface area contributed by atoms with Crippen molar-refractivity contribution in [3.05, 3.63) is 0 Å². The summed E-state index contributed by atoms with van der Waals surface area (Å²) >= 11 is 0. The van der Waals surface area contributed by atoms with Crippen molar-refractivity contribution in [2.24, 2.45) is 11.3 Å². The monoisotopic (exact) mass is 189 g/mol. The first-order valence-corrected chi connectivity index (χ1v) is 5.10. The predicted octanol–water partition coefficient (Wildman–Crippen LogP) is 2.46. The zero-order chi connectivity index (χ0) is 10.3. The molecule has 0 spiro atoms. The second-order valence-electron chi connectivity index (χ2n) is 3.52. The van der Waals surface area contributed by atoms with Gasteiger partial charge in [0.15, 0.2) is 6.79 Å². The van der Waals surface area contributed by atoms with Crippen LogP contribution >= 0.6 is 0 Å². The lowest BCUT2D eigenvalue weighted by molar-refractivity contribution is -0.128. The summed E-state index contributed by atoms with van der Waals surface area (Å²) in [5.74, 6) is 4.92. The zero-order valence-corrected chi connectivity index (χ0v) is 9.30. The van der Waals surface area contributed by atoms with Crippen LogP contribution in [0.5, 0.6) is 0 Å². The van der Waals surface area contributed by atoms with Gasteiger partial charge in [-0.25, -0.2) is 5.90 Å². The minimum absolute atomic E-state index is 0.183. The van der Waals surface area contributed by atoms with E-state index in [0.717, 1.165) is 19.3 Å². The Bertz CT molecular complexity index is 116. The van der Waals surface area contributed by atoms with Gasteiger partial charge in [0.1, 0.15) is 0 Å². The van der Waals surface area contributed by atoms with E-state index in [9.17, 15) is 0 Å². The minimum atomic E-state index is 0.183. The number of ether oxygens (including phenoxy) is 1. The van der Waals surface area contributed by atoms with Crippen LogP contribution in [0, 0.1) is 5.41 Å². The first-order chi connectivity index (χ1) is 6.16. The van der Waals surface area contributed by atoms with Crippen LogP contribution in [-0.2, 0) is 9.57 Å². The van der Waals surface area contributed by atoms with E-state index >= 15 is 0 Å². The van der Waals surface area contributed by atoms with E-state index in [2.05, 4.69) is 32.5 Å². The minimum Gasteiger partial charge on any atom is -0.350 e. The highest BCUT2D eigenvalue weighted by molar-refractivity contribution is 4.81. The molecule has 1 unspecified atom stereocenters. The summed E-state index contributed by atoms with van der Waals surface area (Å²) in [6.45, 7) is 8.89. The quantitative estimate of drug-likeness (QED) is 0.494. The number of rotatable bonds is 7. The van der Waals surface area contributed by atoms with Crippen LogP contribution in [0.2, 0.25) is 0 Å². The van der Waals surface area contributed by atoms with Gasteiger partial charge >= 0.3 is 0 Å². The van der Waals surface area contributed by atoms with Crippen LogP contribution in [0.1, 0.15) is 47.0 Å². The van der Waals surface area contributed by atoms with E-state index in [0.29, 0.717) is 0 Å². The average molecular weight is 189 g/mol. The molecule has 0 bridgehead atoms. The molecule has 0 fully saturated rings. The fourth-order valence-electron chi connectivity index (χ4n) is 1.93. The van der Waals surface area contributed by atoms with Crippen molar-refractivity contribution in [2.45, 2.75) is 53.1 Å². The molecule has 0 aromatic heterocycles. The standard InChI is InChI=1S/C10H23NO2/c1-5-10(6-2,7-3)9(4)12-8-13-11/h9H,5-8,11H2,1-4H3. The molecule has 0 amide bonds. The van der Waals surface area contributed by atoms with E-state index in [1.165, 1.54) is 0 Å². The van der Waals surface area contributed by atoms with Crippen molar-refractivity contribution in [3.63, 3.8) is 0 Å². The number of nitrogens with two attached hydrogens (primary N) is 1. The molecule has 2 N–H and O–H groups in total. The van der Waals surface area contributed by atoms with Crippen molar-refractivity contribution in [3.8, 4) is 0 Å². The molecule has 0 aromatic rings. The highest BCUT2D eigenvalue weighted by Gasteiger charge is 2.31. The van der Waals surface area contributed by atoms with Gasteiger partial charge in [-0.2, -0.15) is 0 Å². The molecule has 3 nitrogen and oxygen atoms in total. The van der Waals surface area contributed by atoms with Gasteiger partial charge in [0.25, 0.3) is 0 Å². The summed E-state index contributed by atoms with van der Waals surface area (Å²) in [5.41, 5.74) is 0.276. The Morgan fingerprint density at radius 2 is 1.62 bits per heavy atom. The predicted molar refractivity (Wildman–Crippen MR) is 54.0 cm³/mol. The van der Waals surface area contributed by atoms with Crippen LogP contribution < -0.4 is 5.90 Å². The van der Waals surface area contributed by atoms with E-state index in [1.807, 2.05) is 0 Å². The normalized spacial score (nSPS) is 14.5. The zero-order valence-electron chi connectivity index (χ0n) is 9.30. The topological polar surface area (TPSA) is 44.5 Å². The van der Waals surface area contributed by atoms with E-state index in [-0.39, 0.29) is 18.3 Å². The van der Waals surface area contributed by atoms with Crippen molar-refractivity contribution >= 4 is 0 Å². The Labute approximate surface area is 81.5 Å². The molecule has 3 heteroatoms. The first kappa shape index (κ1) is 12.9. The highest BCUT2D eigenvalue weighted by atomic mass is 16.7. The van der Waals surface area contributed by atoms with Crippen molar-refractivity contribution in [1.29, 1.82) is 0 Å². The maximum Gasteiger partial charge on any atom is 0.166 e. The second-order valence-corrected chi connectivity index (χ2v) is 3.52. The van der Waals surface area contributed by atoms with Gasteiger partial charge < -0.3 is 4.74 Å². The smallest absolute Gasteiger partial charge is 0.166 e.